The van der Waals surface area contributed by atoms with Crippen LogP contribution in [0.1, 0.15) is 50.4 Å². The number of hydrogen-bond donors (Lipinski definition) is 1. The van der Waals surface area contributed by atoms with Crippen LogP contribution in [0.3, 0.4) is 0 Å². The SMILES string of the molecule is CC1CC(C)CN(CC(C)NC(=O)C2CCN(C(=O)c3ccc(Br)cc3)CC2)C1. The van der Waals surface area contributed by atoms with E-state index in [-0.39, 0.29) is 23.8 Å². The monoisotopic (exact) mass is 463 g/mol. The first kappa shape index (κ1) is 22.3. The molecule has 0 radical (unpaired) electrons. The summed E-state index contributed by atoms with van der Waals surface area (Å²) in [5, 5.41) is 3.22. The van der Waals surface area contributed by atoms with E-state index >= 15 is 0 Å². The van der Waals surface area contributed by atoms with E-state index in [9.17, 15) is 9.59 Å². The molecule has 2 amide bonds. The molecule has 1 N–H and O–H groups in total. The minimum absolute atomic E-state index is 0.00520. The number of carbonyl (C=O) groups excluding carboxylic acids is 2. The van der Waals surface area contributed by atoms with Gasteiger partial charge in [0.25, 0.3) is 5.91 Å². The van der Waals surface area contributed by atoms with E-state index in [1.807, 2.05) is 29.2 Å². The van der Waals surface area contributed by atoms with Crippen molar-refractivity contribution < 1.29 is 9.59 Å². The van der Waals surface area contributed by atoms with Gasteiger partial charge in [-0.2, -0.15) is 0 Å². The van der Waals surface area contributed by atoms with Crippen LogP contribution in [0.2, 0.25) is 0 Å². The molecule has 0 aliphatic carbocycles. The molecule has 5 nitrogen and oxygen atoms in total. The quantitative estimate of drug-likeness (QED) is 0.722. The molecule has 1 aromatic carbocycles. The summed E-state index contributed by atoms with van der Waals surface area (Å²) < 4.78 is 0.965. The van der Waals surface area contributed by atoms with Gasteiger partial charge in [-0.05, 0) is 62.3 Å². The van der Waals surface area contributed by atoms with Crippen LogP contribution < -0.4 is 5.32 Å². The molecule has 1 aromatic rings. The Hall–Kier alpha value is -1.40. The summed E-state index contributed by atoms with van der Waals surface area (Å²) in [7, 11) is 0. The van der Waals surface area contributed by atoms with Crippen molar-refractivity contribution in [1.82, 2.24) is 15.1 Å². The van der Waals surface area contributed by atoms with Gasteiger partial charge in [-0.1, -0.05) is 29.8 Å². The number of hydrogen-bond acceptors (Lipinski definition) is 3. The van der Waals surface area contributed by atoms with Gasteiger partial charge in [-0.25, -0.2) is 0 Å². The maximum atomic E-state index is 12.7. The molecular formula is C23H34BrN3O2. The molecule has 2 fully saturated rings. The molecule has 29 heavy (non-hydrogen) atoms. The van der Waals surface area contributed by atoms with Gasteiger partial charge in [-0.15, -0.1) is 0 Å². The van der Waals surface area contributed by atoms with E-state index in [2.05, 4.69) is 46.9 Å². The predicted molar refractivity (Wildman–Crippen MR) is 120 cm³/mol. The maximum Gasteiger partial charge on any atom is 0.253 e. The zero-order valence-electron chi connectivity index (χ0n) is 17.9. The minimum Gasteiger partial charge on any atom is -0.352 e. The van der Waals surface area contributed by atoms with Crippen LogP contribution in [0.4, 0.5) is 0 Å². The lowest BCUT2D eigenvalue weighted by molar-refractivity contribution is -0.127. The minimum atomic E-state index is 0.00520. The van der Waals surface area contributed by atoms with Gasteiger partial charge < -0.3 is 15.1 Å². The number of rotatable bonds is 5. The average Bonchev–Trinajstić information content (AvgIpc) is 2.67. The van der Waals surface area contributed by atoms with E-state index in [4.69, 9.17) is 0 Å². The molecule has 2 heterocycles. The average molecular weight is 464 g/mol. The molecule has 0 spiro atoms. The van der Waals surface area contributed by atoms with Crippen molar-refractivity contribution in [3.63, 3.8) is 0 Å². The van der Waals surface area contributed by atoms with Crippen LogP contribution >= 0.6 is 15.9 Å². The number of amides is 2. The highest BCUT2D eigenvalue weighted by atomic mass is 79.9. The van der Waals surface area contributed by atoms with Gasteiger partial charge >= 0.3 is 0 Å². The van der Waals surface area contributed by atoms with Crippen molar-refractivity contribution in [2.75, 3.05) is 32.7 Å². The second-order valence-corrected chi connectivity index (χ2v) is 10.1. The first-order chi connectivity index (χ1) is 13.8. The lowest BCUT2D eigenvalue weighted by atomic mass is 9.91. The molecule has 160 valence electrons. The summed E-state index contributed by atoms with van der Waals surface area (Å²) in [6.07, 6.45) is 2.77. The first-order valence-corrected chi connectivity index (χ1v) is 11.7. The normalized spacial score (nSPS) is 24.9. The Bertz CT molecular complexity index is 691. The summed E-state index contributed by atoms with van der Waals surface area (Å²) in [6.45, 7) is 11.2. The van der Waals surface area contributed by atoms with Crippen LogP contribution in [0.5, 0.6) is 0 Å². The van der Waals surface area contributed by atoms with Gasteiger partial charge in [0.15, 0.2) is 0 Å². The largest absolute Gasteiger partial charge is 0.352 e. The molecule has 2 aliphatic rings. The van der Waals surface area contributed by atoms with Gasteiger partial charge in [0, 0.05) is 54.7 Å². The van der Waals surface area contributed by atoms with Gasteiger partial charge in [0.1, 0.15) is 0 Å². The van der Waals surface area contributed by atoms with Crippen LogP contribution in [0.15, 0.2) is 28.7 Å². The van der Waals surface area contributed by atoms with Crippen molar-refractivity contribution >= 4 is 27.7 Å². The molecule has 3 rings (SSSR count). The summed E-state index contributed by atoms with van der Waals surface area (Å²) >= 11 is 3.40. The summed E-state index contributed by atoms with van der Waals surface area (Å²) in [5.41, 5.74) is 0.703. The van der Waals surface area contributed by atoms with Gasteiger partial charge in [0.2, 0.25) is 5.91 Å². The topological polar surface area (TPSA) is 52.7 Å². The molecule has 0 bridgehead atoms. The summed E-state index contributed by atoms with van der Waals surface area (Å²) in [5.74, 6) is 1.67. The number of likely N-dealkylation sites (tertiary alicyclic amines) is 2. The van der Waals surface area contributed by atoms with E-state index in [0.29, 0.717) is 18.7 Å². The highest BCUT2D eigenvalue weighted by molar-refractivity contribution is 9.10. The molecular weight excluding hydrogens is 430 g/mol. The van der Waals surface area contributed by atoms with Crippen LogP contribution in [0.25, 0.3) is 0 Å². The molecule has 0 aromatic heterocycles. The first-order valence-electron chi connectivity index (χ1n) is 10.9. The number of carbonyl (C=O) groups is 2. The Labute approximate surface area is 183 Å². The smallest absolute Gasteiger partial charge is 0.253 e. The number of halogens is 1. The zero-order chi connectivity index (χ0) is 21.0. The van der Waals surface area contributed by atoms with E-state index < -0.39 is 0 Å². The van der Waals surface area contributed by atoms with E-state index in [1.54, 1.807) is 0 Å². The van der Waals surface area contributed by atoms with Crippen molar-refractivity contribution in [2.45, 2.75) is 46.1 Å². The molecule has 6 heteroatoms. The highest BCUT2D eigenvalue weighted by Gasteiger charge is 2.29. The van der Waals surface area contributed by atoms with Crippen LogP contribution in [-0.4, -0.2) is 60.4 Å². The molecule has 2 aliphatic heterocycles. The predicted octanol–water partition coefficient (Wildman–Crippen LogP) is 3.78. The fraction of sp³-hybridized carbons (Fsp3) is 0.652. The fourth-order valence-electron chi connectivity index (χ4n) is 4.85. The van der Waals surface area contributed by atoms with E-state index in [1.165, 1.54) is 6.42 Å². The molecule has 3 unspecified atom stereocenters. The molecule has 2 saturated heterocycles. The molecule has 3 atom stereocenters. The number of benzene rings is 1. The lowest BCUT2D eigenvalue weighted by Gasteiger charge is -2.37. The van der Waals surface area contributed by atoms with E-state index in [0.717, 1.165) is 48.8 Å². The summed E-state index contributed by atoms with van der Waals surface area (Å²) in [4.78, 5) is 29.7. The van der Waals surface area contributed by atoms with Crippen LogP contribution in [0, 0.1) is 17.8 Å². The molecule has 0 saturated carbocycles. The van der Waals surface area contributed by atoms with Crippen molar-refractivity contribution in [1.29, 1.82) is 0 Å². The van der Waals surface area contributed by atoms with Crippen molar-refractivity contribution in [2.24, 2.45) is 17.8 Å². The number of nitrogens with zero attached hydrogens (tertiary/aromatic N) is 2. The van der Waals surface area contributed by atoms with Crippen molar-refractivity contribution in [3.05, 3.63) is 34.3 Å². The third-order valence-corrected chi connectivity index (χ3v) is 6.64. The fourth-order valence-corrected chi connectivity index (χ4v) is 5.12. The second kappa shape index (κ2) is 10.1. The Morgan fingerprint density at radius 3 is 2.28 bits per heavy atom. The number of nitrogens with one attached hydrogen (secondary N) is 1. The Morgan fingerprint density at radius 2 is 1.69 bits per heavy atom. The highest BCUT2D eigenvalue weighted by Crippen LogP contribution is 2.22. The van der Waals surface area contributed by atoms with Gasteiger partial charge in [0.05, 0.1) is 0 Å². The van der Waals surface area contributed by atoms with Crippen LogP contribution in [-0.2, 0) is 4.79 Å². The lowest BCUT2D eigenvalue weighted by Crippen LogP contribution is -2.49. The third-order valence-electron chi connectivity index (χ3n) is 6.11. The second-order valence-electron chi connectivity index (χ2n) is 9.15. The maximum absolute atomic E-state index is 12.7. The third kappa shape index (κ3) is 6.29. The summed E-state index contributed by atoms with van der Waals surface area (Å²) in [6, 6.07) is 7.62. The standard InChI is InChI=1S/C23H34BrN3O2/c1-16-12-17(2)14-26(13-16)15-18(3)25-22(28)19-8-10-27(11-9-19)23(29)20-4-6-21(24)7-5-20/h4-7,16-19H,8-15H2,1-3H3,(H,25,28). The Balaban J connectivity index is 1.43. The van der Waals surface area contributed by atoms with Gasteiger partial charge in [-0.3, -0.25) is 9.59 Å². The Morgan fingerprint density at radius 1 is 1.10 bits per heavy atom. The van der Waals surface area contributed by atoms with Crippen molar-refractivity contribution in [3.8, 4) is 0 Å². The Kier molecular flexibility index (Phi) is 7.74. The zero-order valence-corrected chi connectivity index (χ0v) is 19.5. The number of piperidine rings is 2.